The summed E-state index contributed by atoms with van der Waals surface area (Å²) in [5, 5.41) is 16.9. The maximum Gasteiger partial charge on any atom is 0.276 e. The van der Waals surface area contributed by atoms with Crippen molar-refractivity contribution >= 4 is 39.1 Å². The minimum Gasteiger partial charge on any atom is -0.396 e. The molecule has 0 saturated carbocycles. The number of aryl methyl sites for hydroxylation is 2. The summed E-state index contributed by atoms with van der Waals surface area (Å²) in [6.07, 6.45) is 1.32. The van der Waals surface area contributed by atoms with Gasteiger partial charge in [0.2, 0.25) is 5.43 Å². The highest BCUT2D eigenvalue weighted by molar-refractivity contribution is 7.18. The summed E-state index contributed by atoms with van der Waals surface area (Å²) in [5.74, 6) is -0.509. The van der Waals surface area contributed by atoms with E-state index in [-0.39, 0.29) is 24.3 Å². The third-order valence-electron chi connectivity index (χ3n) is 3.93. The number of rotatable bonds is 6. The Hall–Kier alpha value is -2.22. The summed E-state index contributed by atoms with van der Waals surface area (Å²) < 4.78 is 1.56. The Labute approximate surface area is 159 Å². The minimum absolute atomic E-state index is 0.0984. The number of aliphatic hydroxyl groups excluding tert-OH is 1. The third kappa shape index (κ3) is 3.95. The highest BCUT2D eigenvalue weighted by Gasteiger charge is 2.18. The van der Waals surface area contributed by atoms with Crippen LogP contribution in [0.4, 0.5) is 0 Å². The van der Waals surface area contributed by atoms with Gasteiger partial charge in [-0.2, -0.15) is 5.10 Å². The van der Waals surface area contributed by atoms with E-state index in [0.29, 0.717) is 23.3 Å². The molecule has 3 aromatic rings. The number of aromatic nitrogens is 2. The van der Waals surface area contributed by atoms with Crippen LogP contribution in [-0.2, 0) is 20.0 Å². The number of carbonyl (C=O) groups is 1. The molecule has 8 heteroatoms. The second-order valence-electron chi connectivity index (χ2n) is 5.87. The number of aliphatic hydroxyl groups is 1. The number of nitrogens with one attached hydrogen (secondary N) is 1. The molecule has 0 atom stereocenters. The van der Waals surface area contributed by atoms with Crippen molar-refractivity contribution in [3.05, 3.63) is 61.7 Å². The van der Waals surface area contributed by atoms with E-state index in [1.54, 1.807) is 29.9 Å². The van der Waals surface area contributed by atoms with Gasteiger partial charge in [-0.05, 0) is 36.6 Å². The summed E-state index contributed by atoms with van der Waals surface area (Å²) in [6, 6.07) is 8.89. The summed E-state index contributed by atoms with van der Waals surface area (Å²) >= 11 is 7.30. The molecule has 136 valence electrons. The number of carbonyl (C=O) groups excluding carboxylic acids is 1. The second-order valence-corrected chi connectivity index (χ2v) is 7.42. The zero-order valence-corrected chi connectivity index (χ0v) is 15.7. The smallest absolute Gasteiger partial charge is 0.276 e. The fraction of sp³-hybridized carbons (Fsp3) is 0.278. The fourth-order valence-corrected chi connectivity index (χ4v) is 3.83. The zero-order chi connectivity index (χ0) is 18.7. The summed E-state index contributed by atoms with van der Waals surface area (Å²) in [4.78, 5) is 26.8. The van der Waals surface area contributed by atoms with Crippen molar-refractivity contribution in [3.8, 4) is 0 Å². The van der Waals surface area contributed by atoms with E-state index in [4.69, 9.17) is 16.7 Å². The van der Waals surface area contributed by atoms with E-state index in [1.807, 2.05) is 12.1 Å². The lowest BCUT2D eigenvalue weighted by atomic mass is 10.2. The Morgan fingerprint density at radius 1 is 1.35 bits per heavy atom. The quantitative estimate of drug-likeness (QED) is 0.676. The Balaban J connectivity index is 1.84. The molecule has 0 spiro atoms. The maximum atomic E-state index is 12.7. The first-order valence-corrected chi connectivity index (χ1v) is 9.32. The largest absolute Gasteiger partial charge is 0.396 e. The molecule has 1 amide bonds. The number of hydrogen-bond donors (Lipinski definition) is 2. The average molecular weight is 392 g/mol. The standard InChI is InChI=1S/C18H18ClN3O3S/c1-22-18-14(9-13(26-18)3-2-8-23)16(24)15(21-22)17(25)20-10-11-4-6-12(19)7-5-11/h4-7,9,23H,2-3,8,10H2,1H3,(H,20,25). The average Bonchev–Trinajstić information content (AvgIpc) is 3.07. The number of halogens is 1. The van der Waals surface area contributed by atoms with Crippen molar-refractivity contribution < 1.29 is 9.90 Å². The van der Waals surface area contributed by atoms with Gasteiger partial charge in [0, 0.05) is 30.1 Å². The van der Waals surface area contributed by atoms with Gasteiger partial charge in [-0.15, -0.1) is 11.3 Å². The molecule has 0 bridgehead atoms. The molecule has 2 N–H and O–H groups in total. The van der Waals surface area contributed by atoms with Crippen molar-refractivity contribution in [1.29, 1.82) is 0 Å². The molecule has 26 heavy (non-hydrogen) atoms. The predicted molar refractivity (Wildman–Crippen MR) is 103 cm³/mol. The van der Waals surface area contributed by atoms with Gasteiger partial charge in [-0.3, -0.25) is 14.3 Å². The van der Waals surface area contributed by atoms with Crippen molar-refractivity contribution in [1.82, 2.24) is 15.1 Å². The van der Waals surface area contributed by atoms with Crippen LogP contribution in [0.3, 0.4) is 0 Å². The zero-order valence-electron chi connectivity index (χ0n) is 14.2. The van der Waals surface area contributed by atoms with Gasteiger partial charge in [-0.1, -0.05) is 23.7 Å². The van der Waals surface area contributed by atoms with Crippen LogP contribution in [0, 0.1) is 0 Å². The maximum absolute atomic E-state index is 12.7. The molecular weight excluding hydrogens is 374 g/mol. The SMILES string of the molecule is Cn1nc(C(=O)NCc2ccc(Cl)cc2)c(=O)c2cc(CCCO)sc21. The van der Waals surface area contributed by atoms with E-state index in [2.05, 4.69) is 10.4 Å². The molecule has 0 fully saturated rings. The summed E-state index contributed by atoms with van der Waals surface area (Å²) in [6.45, 7) is 0.380. The van der Waals surface area contributed by atoms with E-state index in [1.165, 1.54) is 11.3 Å². The Morgan fingerprint density at radius 3 is 2.77 bits per heavy atom. The molecule has 0 unspecified atom stereocenters. The molecule has 0 aliphatic heterocycles. The van der Waals surface area contributed by atoms with Crippen molar-refractivity contribution in [3.63, 3.8) is 0 Å². The topological polar surface area (TPSA) is 84.2 Å². The summed E-state index contributed by atoms with van der Waals surface area (Å²) in [5.41, 5.74) is 0.376. The van der Waals surface area contributed by atoms with Gasteiger partial charge in [0.25, 0.3) is 5.91 Å². The lowest BCUT2D eigenvalue weighted by Gasteiger charge is -2.06. The lowest BCUT2D eigenvalue weighted by Crippen LogP contribution is -2.31. The fourth-order valence-electron chi connectivity index (χ4n) is 2.60. The molecule has 6 nitrogen and oxygen atoms in total. The molecule has 3 rings (SSSR count). The van der Waals surface area contributed by atoms with Gasteiger partial charge in [0.05, 0.1) is 5.39 Å². The normalized spacial score (nSPS) is 11.0. The molecule has 0 aliphatic carbocycles. The molecule has 2 heterocycles. The van der Waals surface area contributed by atoms with Crippen LogP contribution in [0.2, 0.25) is 5.02 Å². The number of hydrogen-bond acceptors (Lipinski definition) is 5. The minimum atomic E-state index is -0.509. The van der Waals surface area contributed by atoms with Crippen LogP contribution in [0.15, 0.2) is 35.1 Å². The predicted octanol–water partition coefficient (Wildman–Crippen LogP) is 2.50. The highest BCUT2D eigenvalue weighted by Crippen LogP contribution is 2.23. The van der Waals surface area contributed by atoms with Crippen molar-refractivity contribution in [2.45, 2.75) is 19.4 Å². The van der Waals surface area contributed by atoms with Crippen molar-refractivity contribution in [2.75, 3.05) is 6.61 Å². The van der Waals surface area contributed by atoms with Crippen LogP contribution in [-0.4, -0.2) is 27.4 Å². The van der Waals surface area contributed by atoms with Gasteiger partial charge in [0.1, 0.15) is 4.83 Å². The number of benzene rings is 1. The Kier molecular flexibility index (Phi) is 5.70. The van der Waals surface area contributed by atoms with Gasteiger partial charge in [-0.25, -0.2) is 0 Å². The Morgan fingerprint density at radius 2 is 2.08 bits per heavy atom. The van der Waals surface area contributed by atoms with Crippen molar-refractivity contribution in [2.24, 2.45) is 7.05 Å². The molecule has 1 aromatic carbocycles. The molecule has 0 saturated heterocycles. The number of thiophene rings is 1. The van der Waals surface area contributed by atoms with Crippen LogP contribution in [0.1, 0.15) is 27.3 Å². The van der Waals surface area contributed by atoms with Crippen LogP contribution >= 0.6 is 22.9 Å². The van der Waals surface area contributed by atoms with Gasteiger partial charge >= 0.3 is 0 Å². The van der Waals surface area contributed by atoms with E-state index >= 15 is 0 Å². The van der Waals surface area contributed by atoms with E-state index in [0.717, 1.165) is 15.3 Å². The van der Waals surface area contributed by atoms with Crippen LogP contribution in [0.25, 0.3) is 10.2 Å². The first-order chi connectivity index (χ1) is 12.5. The van der Waals surface area contributed by atoms with E-state index < -0.39 is 5.91 Å². The van der Waals surface area contributed by atoms with Crippen LogP contribution < -0.4 is 10.7 Å². The van der Waals surface area contributed by atoms with Gasteiger partial charge < -0.3 is 10.4 Å². The molecule has 0 aliphatic rings. The number of amides is 1. The third-order valence-corrected chi connectivity index (χ3v) is 5.44. The second kappa shape index (κ2) is 7.99. The number of nitrogens with zero attached hydrogens (tertiary/aromatic N) is 2. The summed E-state index contributed by atoms with van der Waals surface area (Å²) in [7, 11) is 1.71. The Bertz CT molecular complexity index is 995. The van der Waals surface area contributed by atoms with E-state index in [9.17, 15) is 9.59 Å². The molecule has 2 aromatic heterocycles. The number of fused-ring (bicyclic) bond motifs is 1. The first-order valence-electron chi connectivity index (χ1n) is 8.13. The lowest BCUT2D eigenvalue weighted by molar-refractivity contribution is 0.0943. The highest BCUT2D eigenvalue weighted by atomic mass is 35.5. The van der Waals surface area contributed by atoms with Crippen LogP contribution in [0.5, 0.6) is 0 Å². The molecule has 0 radical (unpaired) electrons. The first kappa shape index (κ1) is 18.6. The molecular formula is C18H18ClN3O3S. The monoisotopic (exact) mass is 391 g/mol. The van der Waals surface area contributed by atoms with Gasteiger partial charge in [0.15, 0.2) is 5.69 Å².